The van der Waals surface area contributed by atoms with Crippen LogP contribution in [-0.2, 0) is 4.79 Å². The summed E-state index contributed by atoms with van der Waals surface area (Å²) in [5, 5.41) is 10.6. The number of H-pyrrole nitrogens is 1. The number of carbonyl (C=O) groups is 1. The number of aromatic amines is 1. The zero-order valence-electron chi connectivity index (χ0n) is 10.7. The van der Waals surface area contributed by atoms with Crippen molar-refractivity contribution in [1.82, 2.24) is 20.1 Å². The van der Waals surface area contributed by atoms with Crippen molar-refractivity contribution < 1.29 is 4.79 Å². The van der Waals surface area contributed by atoms with Gasteiger partial charge in [0, 0.05) is 6.20 Å². The van der Waals surface area contributed by atoms with E-state index in [2.05, 4.69) is 25.4 Å². The lowest BCUT2D eigenvalue weighted by molar-refractivity contribution is -0.117. The van der Waals surface area contributed by atoms with Crippen molar-refractivity contribution in [2.45, 2.75) is 19.3 Å². The molecule has 3 heterocycles. The number of likely N-dealkylation sites (tertiary alicyclic amines) is 1. The van der Waals surface area contributed by atoms with Gasteiger partial charge in [-0.15, -0.1) is 0 Å². The van der Waals surface area contributed by atoms with Gasteiger partial charge in [0.2, 0.25) is 5.91 Å². The van der Waals surface area contributed by atoms with E-state index in [0.717, 1.165) is 18.5 Å². The largest absolute Gasteiger partial charge is 0.309 e. The molecule has 0 unspecified atom stereocenters. The average molecular weight is 259 g/mol. The van der Waals surface area contributed by atoms with Crippen LogP contribution in [0, 0.1) is 0 Å². The maximum atomic E-state index is 12.0. The molecule has 6 heteroatoms. The molecule has 1 aliphatic rings. The number of anilines is 1. The van der Waals surface area contributed by atoms with Crippen molar-refractivity contribution in [2.24, 2.45) is 0 Å². The number of aromatic nitrogens is 3. The zero-order valence-corrected chi connectivity index (χ0v) is 10.7. The van der Waals surface area contributed by atoms with Crippen LogP contribution < -0.4 is 5.32 Å². The Labute approximate surface area is 111 Å². The minimum atomic E-state index is -0.00342. The highest BCUT2D eigenvalue weighted by atomic mass is 16.2. The van der Waals surface area contributed by atoms with Crippen LogP contribution in [0.1, 0.15) is 19.3 Å². The Morgan fingerprint density at radius 2 is 2.21 bits per heavy atom. The van der Waals surface area contributed by atoms with E-state index < -0.39 is 0 Å². The molecule has 2 N–H and O–H groups in total. The first kappa shape index (κ1) is 12.1. The number of hydrogen-bond acceptors (Lipinski definition) is 4. The van der Waals surface area contributed by atoms with Gasteiger partial charge in [-0.3, -0.25) is 14.8 Å². The highest BCUT2D eigenvalue weighted by Crippen LogP contribution is 2.17. The van der Waals surface area contributed by atoms with E-state index in [9.17, 15) is 4.79 Å². The summed E-state index contributed by atoms with van der Waals surface area (Å²) in [6.07, 6.45) is 5.33. The van der Waals surface area contributed by atoms with Gasteiger partial charge in [-0.05, 0) is 38.1 Å². The molecule has 2 aromatic heterocycles. The van der Waals surface area contributed by atoms with Gasteiger partial charge in [0.1, 0.15) is 5.82 Å². The van der Waals surface area contributed by atoms with Crippen LogP contribution in [0.25, 0.3) is 11.0 Å². The Bertz CT molecular complexity index is 573. The van der Waals surface area contributed by atoms with Gasteiger partial charge in [0.25, 0.3) is 0 Å². The molecule has 0 aromatic carbocycles. The molecule has 1 fully saturated rings. The molecule has 1 aliphatic heterocycles. The fourth-order valence-corrected chi connectivity index (χ4v) is 2.45. The van der Waals surface area contributed by atoms with Gasteiger partial charge in [-0.2, -0.15) is 5.10 Å². The number of pyridine rings is 1. The first-order chi connectivity index (χ1) is 9.33. The predicted octanol–water partition coefficient (Wildman–Crippen LogP) is 1.38. The van der Waals surface area contributed by atoms with Gasteiger partial charge >= 0.3 is 0 Å². The van der Waals surface area contributed by atoms with Crippen LogP contribution >= 0.6 is 0 Å². The second-order valence-electron chi connectivity index (χ2n) is 4.86. The first-order valence-corrected chi connectivity index (χ1v) is 6.64. The van der Waals surface area contributed by atoms with Crippen LogP contribution in [0.3, 0.4) is 0 Å². The quantitative estimate of drug-likeness (QED) is 0.873. The van der Waals surface area contributed by atoms with Gasteiger partial charge < -0.3 is 5.32 Å². The van der Waals surface area contributed by atoms with E-state index in [1.807, 2.05) is 12.1 Å². The summed E-state index contributed by atoms with van der Waals surface area (Å²) in [6.45, 7) is 2.47. The molecular weight excluding hydrogens is 242 g/mol. The van der Waals surface area contributed by atoms with Crippen molar-refractivity contribution in [1.29, 1.82) is 0 Å². The Morgan fingerprint density at radius 3 is 3.05 bits per heavy atom. The maximum absolute atomic E-state index is 12.0. The third kappa shape index (κ3) is 2.73. The second kappa shape index (κ2) is 5.36. The molecule has 0 bridgehead atoms. The minimum absolute atomic E-state index is 0.00342. The first-order valence-electron chi connectivity index (χ1n) is 6.64. The standard InChI is InChI=1S/C13H17N5O/c19-11(9-18-7-2-1-3-8-18)15-13-10-5-4-6-14-12(10)16-17-13/h4-6H,1-3,7-9H2,(H2,14,15,16,17,19). The number of amides is 1. The molecule has 0 spiro atoms. The molecule has 0 aliphatic carbocycles. The summed E-state index contributed by atoms with van der Waals surface area (Å²) in [6, 6.07) is 3.72. The topological polar surface area (TPSA) is 73.9 Å². The molecule has 2 aromatic rings. The lowest BCUT2D eigenvalue weighted by Gasteiger charge is -2.25. The second-order valence-corrected chi connectivity index (χ2v) is 4.86. The summed E-state index contributed by atoms with van der Waals surface area (Å²) in [5.74, 6) is 0.626. The van der Waals surface area contributed by atoms with Gasteiger partial charge in [-0.25, -0.2) is 4.98 Å². The number of fused-ring (bicyclic) bond motifs is 1. The fraction of sp³-hybridized carbons (Fsp3) is 0.462. The number of piperidine rings is 1. The van der Waals surface area contributed by atoms with Crippen molar-refractivity contribution >= 4 is 22.8 Å². The van der Waals surface area contributed by atoms with Crippen molar-refractivity contribution in [3.63, 3.8) is 0 Å². The van der Waals surface area contributed by atoms with E-state index in [1.165, 1.54) is 19.3 Å². The monoisotopic (exact) mass is 259 g/mol. The number of hydrogen-bond donors (Lipinski definition) is 2. The fourth-order valence-electron chi connectivity index (χ4n) is 2.45. The predicted molar refractivity (Wildman–Crippen MR) is 72.8 cm³/mol. The molecule has 0 atom stereocenters. The van der Waals surface area contributed by atoms with Crippen LogP contribution in [0.5, 0.6) is 0 Å². The Balaban J connectivity index is 1.65. The number of carbonyl (C=O) groups excluding carboxylic acids is 1. The number of nitrogens with zero attached hydrogens (tertiary/aromatic N) is 3. The number of nitrogens with one attached hydrogen (secondary N) is 2. The lowest BCUT2D eigenvalue weighted by Crippen LogP contribution is -2.36. The van der Waals surface area contributed by atoms with Gasteiger partial charge in [-0.1, -0.05) is 6.42 Å². The molecule has 100 valence electrons. The van der Waals surface area contributed by atoms with E-state index >= 15 is 0 Å². The third-order valence-electron chi connectivity index (χ3n) is 3.41. The smallest absolute Gasteiger partial charge is 0.239 e. The average Bonchev–Trinajstić information content (AvgIpc) is 2.83. The van der Waals surface area contributed by atoms with Crippen molar-refractivity contribution in [3.05, 3.63) is 18.3 Å². The molecule has 19 heavy (non-hydrogen) atoms. The minimum Gasteiger partial charge on any atom is -0.309 e. The summed E-state index contributed by atoms with van der Waals surface area (Å²) in [7, 11) is 0. The summed E-state index contributed by atoms with van der Waals surface area (Å²) in [4.78, 5) is 18.3. The Kier molecular flexibility index (Phi) is 3.41. The highest BCUT2D eigenvalue weighted by Gasteiger charge is 2.15. The molecule has 3 rings (SSSR count). The van der Waals surface area contributed by atoms with Crippen LogP contribution in [0.4, 0.5) is 5.82 Å². The Hall–Kier alpha value is -1.95. The van der Waals surface area contributed by atoms with E-state index in [-0.39, 0.29) is 5.91 Å². The van der Waals surface area contributed by atoms with Crippen LogP contribution in [-0.4, -0.2) is 45.6 Å². The van der Waals surface area contributed by atoms with E-state index in [1.54, 1.807) is 6.20 Å². The number of rotatable bonds is 3. The lowest BCUT2D eigenvalue weighted by atomic mass is 10.1. The SMILES string of the molecule is O=C(CN1CCCCC1)Nc1[nH]nc2ncccc12. The molecule has 1 saturated heterocycles. The molecule has 0 radical (unpaired) electrons. The molecular formula is C13H17N5O. The van der Waals surface area contributed by atoms with Crippen LogP contribution in [0.15, 0.2) is 18.3 Å². The summed E-state index contributed by atoms with van der Waals surface area (Å²) in [5.41, 5.74) is 0.621. The Morgan fingerprint density at radius 1 is 1.37 bits per heavy atom. The van der Waals surface area contributed by atoms with Gasteiger partial charge in [0.05, 0.1) is 11.9 Å². The molecule has 1 amide bonds. The summed E-state index contributed by atoms with van der Waals surface area (Å²) >= 11 is 0. The van der Waals surface area contributed by atoms with Gasteiger partial charge in [0.15, 0.2) is 5.65 Å². The van der Waals surface area contributed by atoms with Crippen molar-refractivity contribution in [2.75, 3.05) is 25.0 Å². The van der Waals surface area contributed by atoms with E-state index in [4.69, 9.17) is 0 Å². The molecule has 0 saturated carbocycles. The normalized spacial score (nSPS) is 16.6. The highest BCUT2D eigenvalue weighted by molar-refractivity contribution is 5.99. The maximum Gasteiger partial charge on any atom is 0.239 e. The third-order valence-corrected chi connectivity index (χ3v) is 3.41. The zero-order chi connectivity index (χ0) is 13.1. The van der Waals surface area contributed by atoms with Crippen molar-refractivity contribution in [3.8, 4) is 0 Å². The van der Waals surface area contributed by atoms with Crippen LogP contribution in [0.2, 0.25) is 0 Å². The molecule has 6 nitrogen and oxygen atoms in total. The van der Waals surface area contributed by atoms with E-state index in [0.29, 0.717) is 18.0 Å². The summed E-state index contributed by atoms with van der Waals surface area (Å²) < 4.78 is 0.